The minimum Gasteiger partial charge on any atom is -0.482 e. The lowest BCUT2D eigenvalue weighted by molar-refractivity contribution is -0.118. The largest absolute Gasteiger partial charge is 0.482 e. The summed E-state index contributed by atoms with van der Waals surface area (Å²) in [6.07, 6.45) is 0. The van der Waals surface area contributed by atoms with E-state index in [4.69, 9.17) is 16.3 Å². The molecule has 1 aromatic heterocycles. The topological polar surface area (TPSA) is 56.2 Å². The van der Waals surface area contributed by atoms with Crippen LogP contribution < -0.4 is 10.1 Å². The molecule has 2 rings (SSSR count). The van der Waals surface area contributed by atoms with Crippen LogP contribution in [0.15, 0.2) is 22.7 Å². The van der Waals surface area contributed by atoms with Gasteiger partial charge in [0.1, 0.15) is 5.75 Å². The van der Waals surface area contributed by atoms with Crippen molar-refractivity contribution in [1.29, 1.82) is 0 Å². The molecule has 0 bridgehead atoms. The SMILES string of the molecule is Cc1nn(C)c(C)c1NC(=O)COc1ccc(Br)cc1Cl. The van der Waals surface area contributed by atoms with Gasteiger partial charge in [0.25, 0.3) is 5.91 Å². The van der Waals surface area contributed by atoms with Gasteiger partial charge < -0.3 is 10.1 Å². The number of hydrogen-bond acceptors (Lipinski definition) is 3. The average Bonchev–Trinajstić information content (AvgIpc) is 2.64. The van der Waals surface area contributed by atoms with Crippen molar-refractivity contribution >= 4 is 39.1 Å². The fourth-order valence-corrected chi connectivity index (χ4v) is 2.59. The number of nitrogens with zero attached hydrogens (tertiary/aromatic N) is 2. The van der Waals surface area contributed by atoms with E-state index in [1.807, 2.05) is 20.9 Å². The van der Waals surface area contributed by atoms with E-state index >= 15 is 0 Å². The van der Waals surface area contributed by atoms with Crippen molar-refractivity contribution < 1.29 is 9.53 Å². The Balaban J connectivity index is 1.99. The number of benzene rings is 1. The van der Waals surface area contributed by atoms with Crippen LogP contribution in [0, 0.1) is 13.8 Å². The molecule has 0 radical (unpaired) electrons. The molecule has 0 fully saturated rings. The third kappa shape index (κ3) is 3.77. The number of carbonyl (C=O) groups excluding carboxylic acids is 1. The summed E-state index contributed by atoms with van der Waals surface area (Å²) in [7, 11) is 1.83. The van der Waals surface area contributed by atoms with Crippen molar-refractivity contribution in [2.45, 2.75) is 13.8 Å². The maximum absolute atomic E-state index is 12.0. The van der Waals surface area contributed by atoms with Crippen molar-refractivity contribution in [2.24, 2.45) is 7.05 Å². The summed E-state index contributed by atoms with van der Waals surface area (Å²) >= 11 is 9.34. The number of aromatic nitrogens is 2. The summed E-state index contributed by atoms with van der Waals surface area (Å²) in [5.74, 6) is 0.211. The van der Waals surface area contributed by atoms with E-state index in [2.05, 4.69) is 26.3 Å². The molecule has 1 aromatic carbocycles. The fraction of sp³-hybridized carbons (Fsp3) is 0.286. The molecule has 1 N–H and O–H groups in total. The van der Waals surface area contributed by atoms with E-state index in [-0.39, 0.29) is 12.5 Å². The predicted molar refractivity (Wildman–Crippen MR) is 86.0 cm³/mol. The van der Waals surface area contributed by atoms with Crippen LogP contribution in [0.1, 0.15) is 11.4 Å². The highest BCUT2D eigenvalue weighted by atomic mass is 79.9. The summed E-state index contributed by atoms with van der Waals surface area (Å²) in [5.41, 5.74) is 2.38. The molecule has 0 atom stereocenters. The lowest BCUT2D eigenvalue weighted by Gasteiger charge is -2.09. The van der Waals surface area contributed by atoms with Crippen LogP contribution in [0.5, 0.6) is 5.75 Å². The molecule has 0 saturated heterocycles. The number of aryl methyl sites for hydroxylation is 2. The molecule has 0 unspecified atom stereocenters. The van der Waals surface area contributed by atoms with Crippen LogP contribution in [0.4, 0.5) is 5.69 Å². The zero-order valence-corrected chi connectivity index (χ0v) is 14.2. The van der Waals surface area contributed by atoms with Crippen LogP contribution in [0.2, 0.25) is 5.02 Å². The van der Waals surface area contributed by atoms with Crippen LogP contribution in [0.3, 0.4) is 0 Å². The molecule has 112 valence electrons. The number of carbonyl (C=O) groups is 1. The molecule has 0 saturated carbocycles. The third-order valence-corrected chi connectivity index (χ3v) is 3.81. The zero-order valence-electron chi connectivity index (χ0n) is 11.9. The maximum Gasteiger partial charge on any atom is 0.262 e. The highest BCUT2D eigenvalue weighted by molar-refractivity contribution is 9.10. The first-order valence-electron chi connectivity index (χ1n) is 6.26. The Labute approximate surface area is 136 Å². The van der Waals surface area contributed by atoms with Crippen LogP contribution >= 0.6 is 27.5 Å². The Morgan fingerprint density at radius 3 is 2.76 bits per heavy atom. The minimum absolute atomic E-state index is 0.116. The highest BCUT2D eigenvalue weighted by Crippen LogP contribution is 2.27. The van der Waals surface area contributed by atoms with Gasteiger partial charge in [-0.3, -0.25) is 9.48 Å². The molecular weight excluding hydrogens is 358 g/mol. The number of hydrogen-bond donors (Lipinski definition) is 1. The van der Waals surface area contributed by atoms with E-state index in [1.54, 1.807) is 22.9 Å². The Kier molecular flexibility index (Phi) is 4.90. The van der Waals surface area contributed by atoms with Crippen LogP contribution in [0.25, 0.3) is 0 Å². The van der Waals surface area contributed by atoms with Gasteiger partial charge in [-0.05, 0) is 32.0 Å². The van der Waals surface area contributed by atoms with E-state index in [0.717, 1.165) is 15.9 Å². The fourth-order valence-electron chi connectivity index (χ4n) is 1.87. The Morgan fingerprint density at radius 1 is 1.48 bits per heavy atom. The molecule has 0 aliphatic rings. The van der Waals surface area contributed by atoms with Crippen molar-refractivity contribution in [1.82, 2.24) is 9.78 Å². The number of amides is 1. The van der Waals surface area contributed by atoms with Gasteiger partial charge in [-0.25, -0.2) is 0 Å². The molecule has 0 spiro atoms. The maximum atomic E-state index is 12.0. The smallest absolute Gasteiger partial charge is 0.262 e. The number of ether oxygens (including phenoxy) is 1. The summed E-state index contributed by atoms with van der Waals surface area (Å²) < 4.78 is 7.99. The van der Waals surface area contributed by atoms with Gasteiger partial charge in [-0.15, -0.1) is 0 Å². The number of halogens is 2. The molecule has 1 amide bonds. The quantitative estimate of drug-likeness (QED) is 0.894. The van der Waals surface area contributed by atoms with Crippen molar-refractivity contribution in [2.75, 3.05) is 11.9 Å². The van der Waals surface area contributed by atoms with E-state index in [0.29, 0.717) is 16.5 Å². The van der Waals surface area contributed by atoms with Gasteiger partial charge in [-0.2, -0.15) is 5.10 Å². The standard InChI is InChI=1S/C14H15BrClN3O2/c1-8-14(9(2)19(3)18-8)17-13(20)7-21-12-5-4-10(15)6-11(12)16/h4-6H,7H2,1-3H3,(H,17,20). The highest BCUT2D eigenvalue weighted by Gasteiger charge is 2.13. The van der Waals surface area contributed by atoms with Gasteiger partial charge >= 0.3 is 0 Å². The number of nitrogens with one attached hydrogen (secondary N) is 1. The third-order valence-electron chi connectivity index (χ3n) is 3.03. The van der Waals surface area contributed by atoms with Gasteiger partial charge in [0.05, 0.1) is 22.1 Å². The van der Waals surface area contributed by atoms with Gasteiger partial charge in [0.15, 0.2) is 6.61 Å². The van der Waals surface area contributed by atoms with Crippen molar-refractivity contribution in [3.05, 3.63) is 39.1 Å². The predicted octanol–water partition coefficient (Wildman–Crippen LogP) is 3.47. The molecule has 2 aromatic rings. The summed E-state index contributed by atoms with van der Waals surface area (Å²) in [4.78, 5) is 12.0. The number of rotatable bonds is 4. The molecule has 21 heavy (non-hydrogen) atoms. The molecule has 1 heterocycles. The Morgan fingerprint density at radius 2 is 2.19 bits per heavy atom. The van der Waals surface area contributed by atoms with Crippen LogP contribution in [-0.4, -0.2) is 22.3 Å². The summed E-state index contributed by atoms with van der Waals surface area (Å²) in [6.45, 7) is 3.62. The van der Waals surface area contributed by atoms with Gasteiger partial charge in [0.2, 0.25) is 0 Å². The van der Waals surface area contributed by atoms with Crippen LogP contribution in [-0.2, 0) is 11.8 Å². The minimum atomic E-state index is -0.256. The number of anilines is 1. The van der Waals surface area contributed by atoms with E-state index in [1.165, 1.54) is 0 Å². The van der Waals surface area contributed by atoms with Crippen molar-refractivity contribution in [3.63, 3.8) is 0 Å². The Bertz CT molecular complexity index is 685. The first-order chi connectivity index (χ1) is 9.88. The summed E-state index contributed by atoms with van der Waals surface area (Å²) in [6, 6.07) is 5.22. The first-order valence-corrected chi connectivity index (χ1v) is 7.43. The van der Waals surface area contributed by atoms with Gasteiger partial charge in [-0.1, -0.05) is 27.5 Å². The molecule has 5 nitrogen and oxygen atoms in total. The second kappa shape index (κ2) is 6.49. The normalized spacial score (nSPS) is 10.5. The monoisotopic (exact) mass is 371 g/mol. The average molecular weight is 373 g/mol. The molecule has 0 aliphatic heterocycles. The van der Waals surface area contributed by atoms with Crippen molar-refractivity contribution in [3.8, 4) is 5.75 Å². The van der Waals surface area contributed by atoms with Gasteiger partial charge in [0, 0.05) is 11.5 Å². The van der Waals surface area contributed by atoms with E-state index < -0.39 is 0 Å². The molecule has 7 heteroatoms. The first kappa shape index (κ1) is 15.9. The lowest BCUT2D eigenvalue weighted by atomic mass is 10.3. The molecule has 0 aliphatic carbocycles. The lowest BCUT2D eigenvalue weighted by Crippen LogP contribution is -2.21. The second-order valence-corrected chi connectivity index (χ2v) is 5.90. The summed E-state index contributed by atoms with van der Waals surface area (Å²) in [5, 5.41) is 7.49. The second-order valence-electron chi connectivity index (χ2n) is 4.58. The zero-order chi connectivity index (χ0) is 15.6. The molecular formula is C14H15BrClN3O2. The van der Waals surface area contributed by atoms with E-state index in [9.17, 15) is 4.79 Å². The Hall–Kier alpha value is -1.53.